The zero-order valence-corrected chi connectivity index (χ0v) is 11.6. The van der Waals surface area contributed by atoms with Gasteiger partial charge < -0.3 is 11.1 Å². The zero-order chi connectivity index (χ0) is 12.3. The Hall–Kier alpha value is -1.06. The minimum atomic E-state index is -0.408. The number of amides is 1. The van der Waals surface area contributed by atoms with Gasteiger partial charge in [-0.25, -0.2) is 0 Å². The molecular weight excluding hydrogens is 248 g/mol. The minimum Gasteiger partial charge on any atom is -0.324 e. The molecule has 18 heavy (non-hydrogen) atoms. The Morgan fingerprint density at radius 3 is 2.83 bits per heavy atom. The lowest BCUT2D eigenvalue weighted by Gasteiger charge is -2.20. The SMILES string of the molecule is CC[C@H](N)C(=O)Nc1cccc2c1CCCC2.Cl. The van der Waals surface area contributed by atoms with Gasteiger partial charge in [-0.05, 0) is 49.3 Å². The van der Waals surface area contributed by atoms with Gasteiger partial charge in [0.1, 0.15) is 0 Å². The molecule has 0 saturated heterocycles. The first-order valence-corrected chi connectivity index (χ1v) is 6.39. The number of aryl methyl sites for hydroxylation is 1. The number of nitrogens with two attached hydrogens (primary N) is 1. The number of anilines is 1. The normalized spacial score (nSPS) is 15.2. The van der Waals surface area contributed by atoms with Gasteiger partial charge in [0, 0.05) is 5.69 Å². The molecule has 1 amide bonds. The van der Waals surface area contributed by atoms with Crippen molar-refractivity contribution in [2.24, 2.45) is 5.73 Å². The van der Waals surface area contributed by atoms with Gasteiger partial charge in [-0.2, -0.15) is 0 Å². The Morgan fingerprint density at radius 1 is 1.39 bits per heavy atom. The van der Waals surface area contributed by atoms with Gasteiger partial charge >= 0.3 is 0 Å². The molecule has 0 fully saturated rings. The monoisotopic (exact) mass is 268 g/mol. The van der Waals surface area contributed by atoms with Crippen LogP contribution in [0.4, 0.5) is 5.69 Å². The van der Waals surface area contributed by atoms with E-state index in [1.807, 2.05) is 19.1 Å². The van der Waals surface area contributed by atoms with Gasteiger partial charge in [-0.15, -0.1) is 12.4 Å². The summed E-state index contributed by atoms with van der Waals surface area (Å²) in [4.78, 5) is 11.8. The Kier molecular flexibility index (Phi) is 5.63. The average Bonchev–Trinajstić information content (AvgIpc) is 2.38. The Morgan fingerprint density at radius 2 is 2.11 bits per heavy atom. The summed E-state index contributed by atoms with van der Waals surface area (Å²) in [6.45, 7) is 1.92. The van der Waals surface area contributed by atoms with E-state index in [9.17, 15) is 4.79 Å². The third-order valence-corrected chi connectivity index (χ3v) is 3.43. The molecule has 1 aromatic rings. The second-order valence-corrected chi connectivity index (χ2v) is 4.65. The molecule has 3 nitrogen and oxygen atoms in total. The fourth-order valence-electron chi connectivity index (χ4n) is 2.31. The van der Waals surface area contributed by atoms with Crippen LogP contribution in [0.2, 0.25) is 0 Å². The smallest absolute Gasteiger partial charge is 0.241 e. The van der Waals surface area contributed by atoms with Crippen LogP contribution in [0.5, 0.6) is 0 Å². The van der Waals surface area contributed by atoms with Crippen molar-refractivity contribution in [3.63, 3.8) is 0 Å². The van der Waals surface area contributed by atoms with Gasteiger partial charge in [-0.1, -0.05) is 19.1 Å². The average molecular weight is 269 g/mol. The maximum Gasteiger partial charge on any atom is 0.241 e. The molecule has 100 valence electrons. The van der Waals surface area contributed by atoms with E-state index in [1.165, 1.54) is 24.0 Å². The van der Waals surface area contributed by atoms with E-state index >= 15 is 0 Å². The number of fused-ring (bicyclic) bond motifs is 1. The van der Waals surface area contributed by atoms with E-state index in [0.717, 1.165) is 18.5 Å². The second-order valence-electron chi connectivity index (χ2n) is 4.65. The number of halogens is 1. The van der Waals surface area contributed by atoms with Crippen molar-refractivity contribution < 1.29 is 4.79 Å². The van der Waals surface area contributed by atoms with Gasteiger partial charge in [-0.3, -0.25) is 4.79 Å². The number of rotatable bonds is 3. The molecule has 0 bridgehead atoms. The van der Waals surface area contributed by atoms with Crippen molar-refractivity contribution in [1.29, 1.82) is 0 Å². The fourth-order valence-corrected chi connectivity index (χ4v) is 2.31. The van der Waals surface area contributed by atoms with E-state index in [1.54, 1.807) is 0 Å². The standard InChI is InChI=1S/C14H20N2O.ClH/c1-2-12(15)14(17)16-13-9-5-7-10-6-3-4-8-11(10)13;/h5,7,9,12H,2-4,6,8,15H2,1H3,(H,16,17);1H/t12-;/m0./s1. The summed E-state index contributed by atoms with van der Waals surface area (Å²) >= 11 is 0. The van der Waals surface area contributed by atoms with Crippen LogP contribution >= 0.6 is 12.4 Å². The van der Waals surface area contributed by atoms with Gasteiger partial charge in [0.2, 0.25) is 5.91 Å². The van der Waals surface area contributed by atoms with Crippen molar-refractivity contribution in [3.8, 4) is 0 Å². The van der Waals surface area contributed by atoms with Crippen molar-refractivity contribution >= 4 is 24.0 Å². The van der Waals surface area contributed by atoms with Crippen molar-refractivity contribution in [2.75, 3.05) is 5.32 Å². The lowest BCUT2D eigenvalue weighted by Crippen LogP contribution is -2.35. The molecule has 0 radical (unpaired) electrons. The number of nitrogens with one attached hydrogen (secondary N) is 1. The Labute approximate surface area is 115 Å². The van der Waals surface area contributed by atoms with Gasteiger partial charge in [0.05, 0.1) is 6.04 Å². The highest BCUT2D eigenvalue weighted by molar-refractivity contribution is 5.95. The topological polar surface area (TPSA) is 55.1 Å². The molecule has 1 aliphatic carbocycles. The summed E-state index contributed by atoms with van der Waals surface area (Å²) < 4.78 is 0. The maximum atomic E-state index is 11.8. The highest BCUT2D eigenvalue weighted by atomic mass is 35.5. The van der Waals surface area contributed by atoms with Crippen LogP contribution < -0.4 is 11.1 Å². The number of carbonyl (C=O) groups excluding carboxylic acids is 1. The molecule has 1 aromatic carbocycles. The van der Waals surface area contributed by atoms with Gasteiger partial charge in [0.25, 0.3) is 0 Å². The lowest BCUT2D eigenvalue weighted by atomic mass is 9.90. The minimum absolute atomic E-state index is 0. The number of carbonyl (C=O) groups is 1. The third kappa shape index (κ3) is 3.24. The molecule has 0 aliphatic heterocycles. The summed E-state index contributed by atoms with van der Waals surface area (Å²) in [6, 6.07) is 5.74. The highest BCUT2D eigenvalue weighted by Crippen LogP contribution is 2.27. The summed E-state index contributed by atoms with van der Waals surface area (Å²) in [5.41, 5.74) is 9.36. The Balaban J connectivity index is 0.00000162. The molecule has 2 rings (SSSR count). The predicted molar refractivity (Wildman–Crippen MR) is 77.2 cm³/mol. The summed E-state index contributed by atoms with van der Waals surface area (Å²) in [5, 5.41) is 2.96. The van der Waals surface area contributed by atoms with Crippen LogP contribution in [0.15, 0.2) is 18.2 Å². The van der Waals surface area contributed by atoms with Crippen LogP contribution in [-0.2, 0) is 17.6 Å². The number of hydrogen-bond acceptors (Lipinski definition) is 2. The van der Waals surface area contributed by atoms with E-state index in [2.05, 4.69) is 11.4 Å². The largest absolute Gasteiger partial charge is 0.324 e. The number of benzene rings is 1. The molecule has 1 aliphatic rings. The summed E-state index contributed by atoms with van der Waals surface area (Å²) in [6.07, 6.45) is 5.31. The molecule has 3 N–H and O–H groups in total. The first kappa shape index (κ1) is 15.0. The quantitative estimate of drug-likeness (QED) is 0.886. The van der Waals surface area contributed by atoms with Crippen LogP contribution in [0.1, 0.15) is 37.3 Å². The number of hydrogen-bond donors (Lipinski definition) is 2. The third-order valence-electron chi connectivity index (χ3n) is 3.43. The second kappa shape index (κ2) is 6.76. The highest BCUT2D eigenvalue weighted by Gasteiger charge is 2.16. The van der Waals surface area contributed by atoms with Gasteiger partial charge in [0.15, 0.2) is 0 Å². The van der Waals surface area contributed by atoms with E-state index in [0.29, 0.717) is 6.42 Å². The molecule has 0 heterocycles. The predicted octanol–water partition coefficient (Wildman–Crippen LogP) is 2.66. The molecule has 0 aromatic heterocycles. The van der Waals surface area contributed by atoms with Crippen molar-refractivity contribution in [1.82, 2.24) is 0 Å². The first-order chi connectivity index (χ1) is 8.22. The van der Waals surface area contributed by atoms with E-state index in [4.69, 9.17) is 5.73 Å². The van der Waals surface area contributed by atoms with E-state index in [-0.39, 0.29) is 18.3 Å². The molecule has 1 atom stereocenters. The molecule has 0 saturated carbocycles. The van der Waals surface area contributed by atoms with Crippen LogP contribution in [-0.4, -0.2) is 11.9 Å². The van der Waals surface area contributed by atoms with E-state index < -0.39 is 6.04 Å². The maximum absolute atomic E-state index is 11.8. The first-order valence-electron chi connectivity index (χ1n) is 6.39. The summed E-state index contributed by atoms with van der Waals surface area (Å²) in [7, 11) is 0. The molecule has 0 spiro atoms. The van der Waals surface area contributed by atoms with Crippen LogP contribution in [0.3, 0.4) is 0 Å². The lowest BCUT2D eigenvalue weighted by molar-refractivity contribution is -0.117. The molecule has 4 heteroatoms. The molecule has 0 unspecified atom stereocenters. The molecular formula is C14H21ClN2O. The Bertz CT molecular complexity index is 420. The zero-order valence-electron chi connectivity index (χ0n) is 10.7. The van der Waals surface area contributed by atoms with Crippen molar-refractivity contribution in [2.45, 2.75) is 45.1 Å². The van der Waals surface area contributed by atoms with Crippen molar-refractivity contribution in [3.05, 3.63) is 29.3 Å². The van der Waals surface area contributed by atoms with Crippen LogP contribution in [0, 0.1) is 0 Å². The van der Waals surface area contributed by atoms with Crippen LogP contribution in [0.25, 0.3) is 0 Å². The fraction of sp³-hybridized carbons (Fsp3) is 0.500. The summed E-state index contributed by atoms with van der Waals surface area (Å²) in [5.74, 6) is -0.0773.